The predicted octanol–water partition coefficient (Wildman–Crippen LogP) is 2.95. The number of piperidine rings is 1. The number of hydrogen-bond acceptors (Lipinski definition) is 5. The van der Waals surface area contributed by atoms with Crippen LogP contribution in [0, 0.1) is 0 Å². The summed E-state index contributed by atoms with van der Waals surface area (Å²) in [5.41, 5.74) is 2.08. The van der Waals surface area contributed by atoms with Crippen molar-refractivity contribution in [3.8, 4) is 0 Å². The molecule has 0 amide bonds. The SMILES string of the molecule is CC1(C)CCCC(C)(C)N1OCc1cncc(CON)c1. The summed E-state index contributed by atoms with van der Waals surface area (Å²) in [6, 6.07) is 2.02. The Kier molecular flexibility index (Phi) is 4.99. The van der Waals surface area contributed by atoms with Gasteiger partial charge in [0.1, 0.15) is 0 Å². The highest BCUT2D eigenvalue weighted by Gasteiger charge is 2.42. The highest BCUT2D eigenvalue weighted by atomic mass is 16.7. The van der Waals surface area contributed by atoms with Crippen LogP contribution in [0.2, 0.25) is 0 Å². The fraction of sp³-hybridized carbons (Fsp3) is 0.688. The molecule has 0 spiro atoms. The Balaban J connectivity index is 2.05. The van der Waals surface area contributed by atoms with Crippen LogP contribution in [-0.2, 0) is 22.9 Å². The van der Waals surface area contributed by atoms with Gasteiger partial charge in [-0.3, -0.25) is 14.7 Å². The number of nitrogens with zero attached hydrogens (tertiary/aromatic N) is 2. The molecule has 1 fully saturated rings. The zero-order valence-corrected chi connectivity index (χ0v) is 13.6. The molecule has 2 heterocycles. The molecule has 2 N–H and O–H groups in total. The predicted molar refractivity (Wildman–Crippen MR) is 81.9 cm³/mol. The van der Waals surface area contributed by atoms with Crippen molar-refractivity contribution in [2.45, 2.75) is 71.2 Å². The molecule has 0 unspecified atom stereocenters. The van der Waals surface area contributed by atoms with Crippen LogP contribution >= 0.6 is 0 Å². The van der Waals surface area contributed by atoms with Crippen molar-refractivity contribution < 1.29 is 9.68 Å². The largest absolute Gasteiger partial charge is 0.300 e. The van der Waals surface area contributed by atoms with E-state index in [-0.39, 0.29) is 11.1 Å². The Morgan fingerprint density at radius 1 is 1.10 bits per heavy atom. The standard InChI is InChI=1S/C16H27N3O2/c1-15(2)6-5-7-16(3,4)19(15)21-12-14-8-13(11-20-17)9-18-10-14/h8-10H,5-7,11-12,17H2,1-4H3. The van der Waals surface area contributed by atoms with Gasteiger partial charge in [-0.1, -0.05) is 0 Å². The number of aromatic nitrogens is 1. The lowest BCUT2D eigenvalue weighted by Gasteiger charge is -2.51. The van der Waals surface area contributed by atoms with Crippen molar-refractivity contribution in [2.24, 2.45) is 5.90 Å². The van der Waals surface area contributed by atoms with Crippen LogP contribution in [0.4, 0.5) is 0 Å². The van der Waals surface area contributed by atoms with Crippen molar-refractivity contribution in [1.29, 1.82) is 0 Å². The first-order chi connectivity index (χ1) is 9.85. The molecule has 5 heteroatoms. The number of hydrogen-bond donors (Lipinski definition) is 1. The lowest BCUT2D eigenvalue weighted by atomic mass is 9.82. The molecule has 1 saturated heterocycles. The van der Waals surface area contributed by atoms with Crippen LogP contribution in [-0.4, -0.2) is 21.1 Å². The summed E-state index contributed by atoms with van der Waals surface area (Å²) in [6.07, 6.45) is 7.12. The van der Waals surface area contributed by atoms with Crippen LogP contribution in [0.15, 0.2) is 18.5 Å². The number of nitrogens with two attached hydrogens (primary N) is 1. The average Bonchev–Trinajstić information content (AvgIpc) is 2.37. The average molecular weight is 293 g/mol. The van der Waals surface area contributed by atoms with Gasteiger partial charge in [-0.15, -0.1) is 0 Å². The minimum Gasteiger partial charge on any atom is -0.300 e. The smallest absolute Gasteiger partial charge is 0.0951 e. The summed E-state index contributed by atoms with van der Waals surface area (Å²) >= 11 is 0. The lowest BCUT2D eigenvalue weighted by Crippen LogP contribution is -2.58. The number of rotatable bonds is 5. The lowest BCUT2D eigenvalue weighted by molar-refractivity contribution is -0.288. The van der Waals surface area contributed by atoms with Crippen molar-refractivity contribution in [2.75, 3.05) is 0 Å². The number of pyridine rings is 1. The second-order valence-corrected chi connectivity index (χ2v) is 7.06. The van der Waals surface area contributed by atoms with E-state index in [1.165, 1.54) is 6.42 Å². The van der Waals surface area contributed by atoms with Gasteiger partial charge in [-0.05, 0) is 64.2 Å². The molecule has 0 aliphatic carbocycles. The normalized spacial score (nSPS) is 21.4. The molecule has 1 aromatic rings. The molecule has 21 heavy (non-hydrogen) atoms. The van der Waals surface area contributed by atoms with E-state index in [9.17, 15) is 0 Å². The van der Waals surface area contributed by atoms with E-state index >= 15 is 0 Å². The molecular formula is C16H27N3O2. The molecule has 5 nitrogen and oxygen atoms in total. The molecule has 0 atom stereocenters. The highest BCUT2D eigenvalue weighted by molar-refractivity contribution is 5.16. The van der Waals surface area contributed by atoms with Gasteiger partial charge >= 0.3 is 0 Å². The van der Waals surface area contributed by atoms with Gasteiger partial charge in [0.15, 0.2) is 0 Å². The summed E-state index contributed by atoms with van der Waals surface area (Å²) in [4.78, 5) is 15.0. The van der Waals surface area contributed by atoms with E-state index < -0.39 is 0 Å². The van der Waals surface area contributed by atoms with E-state index in [1.54, 1.807) is 6.20 Å². The third kappa shape index (κ3) is 4.01. The van der Waals surface area contributed by atoms with Crippen molar-refractivity contribution >= 4 is 0 Å². The van der Waals surface area contributed by atoms with Crippen LogP contribution in [0.5, 0.6) is 0 Å². The first-order valence-corrected chi connectivity index (χ1v) is 7.53. The zero-order valence-electron chi connectivity index (χ0n) is 13.6. The molecule has 0 radical (unpaired) electrons. The summed E-state index contributed by atoms with van der Waals surface area (Å²) in [5, 5.41) is 2.16. The van der Waals surface area contributed by atoms with Gasteiger partial charge in [0, 0.05) is 23.5 Å². The van der Waals surface area contributed by atoms with Crippen molar-refractivity contribution in [3.05, 3.63) is 29.6 Å². The first kappa shape index (κ1) is 16.4. The van der Waals surface area contributed by atoms with Crippen molar-refractivity contribution in [3.63, 3.8) is 0 Å². The van der Waals surface area contributed by atoms with Gasteiger partial charge < -0.3 is 0 Å². The summed E-state index contributed by atoms with van der Waals surface area (Å²) in [6.45, 7) is 9.84. The topological polar surface area (TPSA) is 60.6 Å². The third-order valence-corrected chi connectivity index (χ3v) is 4.14. The fourth-order valence-corrected chi connectivity index (χ4v) is 3.26. The van der Waals surface area contributed by atoms with Gasteiger partial charge in [0.2, 0.25) is 0 Å². The minimum atomic E-state index is 0.0488. The Bertz CT molecular complexity index is 458. The molecule has 0 aromatic carbocycles. The molecule has 0 bridgehead atoms. The molecule has 1 aliphatic rings. The van der Waals surface area contributed by atoms with Gasteiger partial charge in [-0.2, -0.15) is 5.06 Å². The number of hydroxylamine groups is 2. The van der Waals surface area contributed by atoms with E-state index in [4.69, 9.17) is 10.7 Å². The summed E-state index contributed by atoms with van der Waals surface area (Å²) in [7, 11) is 0. The summed E-state index contributed by atoms with van der Waals surface area (Å²) in [5.74, 6) is 5.11. The highest BCUT2D eigenvalue weighted by Crippen LogP contribution is 2.38. The maximum atomic E-state index is 6.15. The third-order valence-electron chi connectivity index (χ3n) is 4.14. The van der Waals surface area contributed by atoms with Crippen molar-refractivity contribution in [1.82, 2.24) is 10.0 Å². The Hall–Kier alpha value is -1.01. The molecule has 1 aromatic heterocycles. The van der Waals surface area contributed by atoms with Gasteiger partial charge in [-0.25, -0.2) is 5.90 Å². The Morgan fingerprint density at radius 3 is 2.24 bits per heavy atom. The Labute approximate surface area is 127 Å². The minimum absolute atomic E-state index is 0.0488. The molecule has 2 rings (SSSR count). The molecule has 1 aliphatic heterocycles. The summed E-state index contributed by atoms with van der Waals surface area (Å²) < 4.78 is 0. The van der Waals surface area contributed by atoms with Crippen LogP contribution < -0.4 is 5.90 Å². The maximum Gasteiger partial charge on any atom is 0.0951 e. The maximum absolute atomic E-state index is 6.15. The van der Waals surface area contributed by atoms with Gasteiger partial charge in [0.25, 0.3) is 0 Å². The van der Waals surface area contributed by atoms with E-state index in [1.807, 2.05) is 12.3 Å². The van der Waals surface area contributed by atoms with Crippen LogP contribution in [0.25, 0.3) is 0 Å². The van der Waals surface area contributed by atoms with E-state index in [0.29, 0.717) is 13.2 Å². The second-order valence-electron chi connectivity index (χ2n) is 7.06. The zero-order chi connectivity index (χ0) is 15.5. The molecule has 0 saturated carbocycles. The van der Waals surface area contributed by atoms with Gasteiger partial charge in [0.05, 0.1) is 13.2 Å². The molecule has 118 valence electrons. The first-order valence-electron chi connectivity index (χ1n) is 7.53. The van der Waals surface area contributed by atoms with E-state index in [0.717, 1.165) is 24.0 Å². The monoisotopic (exact) mass is 293 g/mol. The Morgan fingerprint density at radius 2 is 1.67 bits per heavy atom. The van der Waals surface area contributed by atoms with E-state index in [2.05, 4.69) is 42.6 Å². The molecular weight excluding hydrogens is 266 g/mol. The van der Waals surface area contributed by atoms with Crippen LogP contribution in [0.1, 0.15) is 58.1 Å². The second kappa shape index (κ2) is 6.40. The fourth-order valence-electron chi connectivity index (χ4n) is 3.26. The quantitative estimate of drug-likeness (QED) is 0.846. The van der Waals surface area contributed by atoms with Crippen LogP contribution in [0.3, 0.4) is 0 Å².